The minimum atomic E-state index is -0.0430. The van der Waals surface area contributed by atoms with E-state index < -0.39 is 0 Å². The Bertz CT molecular complexity index is 622. The van der Waals surface area contributed by atoms with Crippen molar-refractivity contribution in [2.45, 2.75) is 52.4 Å². The van der Waals surface area contributed by atoms with Gasteiger partial charge in [0.15, 0.2) is 0 Å². The van der Waals surface area contributed by atoms with Crippen molar-refractivity contribution in [3.8, 4) is 16.9 Å². The molecule has 0 aliphatic heterocycles. The van der Waals surface area contributed by atoms with E-state index in [9.17, 15) is 5.11 Å². The van der Waals surface area contributed by atoms with E-state index in [1.54, 1.807) is 0 Å². The monoisotopic (exact) mass is 282 g/mol. The average molecular weight is 282 g/mol. The van der Waals surface area contributed by atoms with Gasteiger partial charge in [0.05, 0.1) is 0 Å². The van der Waals surface area contributed by atoms with Crippen LogP contribution >= 0.6 is 0 Å². The molecule has 0 radical (unpaired) electrons. The van der Waals surface area contributed by atoms with Gasteiger partial charge in [0.25, 0.3) is 0 Å². The molecule has 1 N–H and O–H groups in total. The van der Waals surface area contributed by atoms with Crippen LogP contribution in [0.25, 0.3) is 11.1 Å². The highest BCUT2D eigenvalue weighted by molar-refractivity contribution is 5.66. The lowest BCUT2D eigenvalue weighted by atomic mass is 9.84. The Balaban J connectivity index is 2.37. The van der Waals surface area contributed by atoms with Crippen LogP contribution in [0.3, 0.4) is 0 Å². The molecule has 0 saturated carbocycles. The Kier molecular flexibility index (Phi) is 3.88. The van der Waals surface area contributed by atoms with Gasteiger partial charge >= 0.3 is 0 Å². The normalized spacial score (nSPS) is 12.5. The summed E-state index contributed by atoms with van der Waals surface area (Å²) in [5.74, 6) is 0.375. The fraction of sp³-hybridized carbons (Fsp3) is 0.400. The van der Waals surface area contributed by atoms with Gasteiger partial charge in [-0.15, -0.1) is 0 Å². The van der Waals surface area contributed by atoms with Gasteiger partial charge in [0, 0.05) is 0 Å². The van der Waals surface area contributed by atoms with Gasteiger partial charge in [-0.05, 0) is 39.2 Å². The van der Waals surface area contributed by atoms with E-state index in [1.165, 1.54) is 5.56 Å². The number of benzene rings is 2. The number of hydrogen-bond donors (Lipinski definition) is 1. The van der Waals surface area contributed by atoms with E-state index in [-0.39, 0.29) is 10.8 Å². The molecule has 1 nitrogen and oxygen atoms in total. The van der Waals surface area contributed by atoms with Crippen molar-refractivity contribution in [1.29, 1.82) is 0 Å². The minimum Gasteiger partial charge on any atom is -0.508 e. The van der Waals surface area contributed by atoms with E-state index in [0.717, 1.165) is 16.7 Å². The first-order valence-electron chi connectivity index (χ1n) is 7.53. The summed E-state index contributed by atoms with van der Waals surface area (Å²) < 4.78 is 0. The standard InChI is InChI=1S/C20H26O/c1-19(2,3)16-10-7-14(8-11-16)15-9-12-17(18(21)13-15)20(4,5)6/h7-13,21H,1-6H3. The molecule has 0 aromatic heterocycles. The van der Waals surface area contributed by atoms with Crippen LogP contribution in [0.15, 0.2) is 42.5 Å². The summed E-state index contributed by atoms with van der Waals surface area (Å²) in [5.41, 5.74) is 4.62. The molecule has 0 heterocycles. The van der Waals surface area contributed by atoms with Crippen molar-refractivity contribution >= 4 is 0 Å². The lowest BCUT2D eigenvalue weighted by Crippen LogP contribution is -2.11. The zero-order valence-corrected chi connectivity index (χ0v) is 14.0. The van der Waals surface area contributed by atoms with E-state index in [0.29, 0.717) is 5.75 Å². The number of phenols is 1. The second-order valence-corrected chi connectivity index (χ2v) is 7.81. The van der Waals surface area contributed by atoms with Gasteiger partial charge in [-0.3, -0.25) is 0 Å². The summed E-state index contributed by atoms with van der Waals surface area (Å²) in [5, 5.41) is 10.3. The third-order valence-electron chi connectivity index (χ3n) is 3.89. The molecule has 2 aromatic rings. The van der Waals surface area contributed by atoms with Crippen molar-refractivity contribution in [2.24, 2.45) is 0 Å². The maximum atomic E-state index is 10.3. The Labute approximate surface area is 128 Å². The molecule has 0 amide bonds. The molecule has 2 rings (SSSR count). The largest absolute Gasteiger partial charge is 0.508 e. The Morgan fingerprint density at radius 1 is 0.667 bits per heavy atom. The maximum Gasteiger partial charge on any atom is 0.119 e. The lowest BCUT2D eigenvalue weighted by molar-refractivity contribution is 0.447. The maximum absolute atomic E-state index is 10.3. The molecule has 0 atom stereocenters. The van der Waals surface area contributed by atoms with Gasteiger partial charge in [-0.25, -0.2) is 0 Å². The van der Waals surface area contributed by atoms with Gasteiger partial charge < -0.3 is 5.11 Å². The molecule has 0 aliphatic carbocycles. The fourth-order valence-corrected chi connectivity index (χ4v) is 2.51. The van der Waals surface area contributed by atoms with Crippen LogP contribution in [0.5, 0.6) is 5.75 Å². The molecule has 0 unspecified atom stereocenters. The quantitative estimate of drug-likeness (QED) is 0.716. The third-order valence-corrected chi connectivity index (χ3v) is 3.89. The fourth-order valence-electron chi connectivity index (χ4n) is 2.51. The molecule has 1 heteroatoms. The highest BCUT2D eigenvalue weighted by Gasteiger charge is 2.18. The SMILES string of the molecule is CC(C)(C)c1ccc(-c2ccc(C(C)(C)C)c(O)c2)cc1. The first-order valence-corrected chi connectivity index (χ1v) is 7.53. The predicted octanol–water partition coefficient (Wildman–Crippen LogP) is 5.65. The molecule has 2 aromatic carbocycles. The molecule has 112 valence electrons. The molecular formula is C20H26O. The topological polar surface area (TPSA) is 20.2 Å². The minimum absolute atomic E-state index is 0.0430. The number of aromatic hydroxyl groups is 1. The van der Waals surface area contributed by atoms with Gasteiger partial charge in [0.1, 0.15) is 5.75 Å². The van der Waals surface area contributed by atoms with Crippen molar-refractivity contribution in [1.82, 2.24) is 0 Å². The van der Waals surface area contributed by atoms with Crippen molar-refractivity contribution in [3.05, 3.63) is 53.6 Å². The lowest BCUT2D eigenvalue weighted by Gasteiger charge is -2.21. The summed E-state index contributed by atoms with van der Waals surface area (Å²) in [6.07, 6.45) is 0. The summed E-state index contributed by atoms with van der Waals surface area (Å²) >= 11 is 0. The predicted molar refractivity (Wildman–Crippen MR) is 90.9 cm³/mol. The van der Waals surface area contributed by atoms with Crippen molar-refractivity contribution < 1.29 is 5.11 Å². The van der Waals surface area contributed by atoms with Crippen LogP contribution in [0, 0.1) is 0 Å². The summed E-state index contributed by atoms with van der Waals surface area (Å²) in [6, 6.07) is 14.6. The molecule has 0 bridgehead atoms. The highest BCUT2D eigenvalue weighted by atomic mass is 16.3. The third kappa shape index (κ3) is 3.47. The van der Waals surface area contributed by atoms with Crippen LogP contribution in [0.2, 0.25) is 0 Å². The molecule has 0 spiro atoms. The molecule has 0 saturated heterocycles. The van der Waals surface area contributed by atoms with Crippen LogP contribution in [0.1, 0.15) is 52.7 Å². The molecule has 0 fully saturated rings. The average Bonchev–Trinajstić information content (AvgIpc) is 2.36. The zero-order chi connectivity index (χ0) is 15.8. The van der Waals surface area contributed by atoms with E-state index in [2.05, 4.69) is 71.9 Å². The second-order valence-electron chi connectivity index (χ2n) is 7.81. The summed E-state index contributed by atoms with van der Waals surface area (Å²) in [6.45, 7) is 13.0. The van der Waals surface area contributed by atoms with Crippen molar-refractivity contribution in [3.63, 3.8) is 0 Å². The summed E-state index contributed by atoms with van der Waals surface area (Å²) in [7, 11) is 0. The molecule has 0 aliphatic rings. The molecule has 21 heavy (non-hydrogen) atoms. The molecular weight excluding hydrogens is 256 g/mol. The number of rotatable bonds is 1. The summed E-state index contributed by atoms with van der Waals surface area (Å²) in [4.78, 5) is 0. The second kappa shape index (κ2) is 5.22. The van der Waals surface area contributed by atoms with Crippen LogP contribution in [-0.2, 0) is 10.8 Å². The Hall–Kier alpha value is -1.76. The van der Waals surface area contributed by atoms with E-state index in [1.807, 2.05) is 12.1 Å². The first kappa shape index (κ1) is 15.6. The van der Waals surface area contributed by atoms with Gasteiger partial charge in [-0.1, -0.05) is 77.9 Å². The smallest absolute Gasteiger partial charge is 0.119 e. The first-order chi connectivity index (χ1) is 9.59. The Morgan fingerprint density at radius 2 is 1.19 bits per heavy atom. The Morgan fingerprint density at radius 3 is 1.62 bits per heavy atom. The van der Waals surface area contributed by atoms with Gasteiger partial charge in [0.2, 0.25) is 0 Å². The van der Waals surface area contributed by atoms with E-state index >= 15 is 0 Å². The van der Waals surface area contributed by atoms with Crippen LogP contribution < -0.4 is 0 Å². The van der Waals surface area contributed by atoms with E-state index in [4.69, 9.17) is 0 Å². The van der Waals surface area contributed by atoms with Crippen molar-refractivity contribution in [2.75, 3.05) is 0 Å². The number of hydrogen-bond acceptors (Lipinski definition) is 1. The van der Waals surface area contributed by atoms with Crippen LogP contribution in [0.4, 0.5) is 0 Å². The van der Waals surface area contributed by atoms with Gasteiger partial charge in [-0.2, -0.15) is 0 Å². The number of phenolic OH excluding ortho intramolecular Hbond substituents is 1. The van der Waals surface area contributed by atoms with Crippen LogP contribution in [-0.4, -0.2) is 5.11 Å². The highest BCUT2D eigenvalue weighted by Crippen LogP contribution is 2.34. The zero-order valence-electron chi connectivity index (χ0n) is 14.0.